The topological polar surface area (TPSA) is 34.4 Å². The monoisotopic (exact) mass is 258 g/mol. The average molecular weight is 258 g/mol. The van der Waals surface area contributed by atoms with Crippen LogP contribution in [-0.2, 0) is 13.0 Å². The van der Waals surface area contributed by atoms with E-state index in [2.05, 4.69) is 36.2 Å². The number of rotatable bonds is 2. The van der Waals surface area contributed by atoms with Crippen LogP contribution in [0.5, 0.6) is 0 Å². The maximum absolute atomic E-state index is 12.1. The smallest absolute Gasteiger partial charge is 0.270 e. The van der Waals surface area contributed by atoms with Gasteiger partial charge in [-0.2, -0.15) is 0 Å². The van der Waals surface area contributed by atoms with Crippen molar-refractivity contribution in [2.45, 2.75) is 19.9 Å². The Bertz CT molecular complexity index is 738. The highest BCUT2D eigenvalue weighted by Crippen LogP contribution is 2.05. The quantitative estimate of drug-likeness (QED) is 0.789. The van der Waals surface area contributed by atoms with Gasteiger partial charge in [-0.1, -0.05) is 42.5 Å². The highest BCUT2D eigenvalue weighted by atomic mass is 32.1. The van der Waals surface area contributed by atoms with Crippen LogP contribution >= 0.6 is 11.3 Å². The van der Waals surface area contributed by atoms with E-state index in [0.717, 1.165) is 34.4 Å². The Labute approximate surface area is 109 Å². The number of aryl methyl sites for hydroxylation is 1. The summed E-state index contributed by atoms with van der Waals surface area (Å²) in [6.07, 6.45) is 2.99. The largest absolute Gasteiger partial charge is 0.282 e. The highest BCUT2D eigenvalue weighted by molar-refractivity contribution is 7.07. The molecule has 1 aromatic heterocycles. The average Bonchev–Trinajstić information content (AvgIpc) is 2.95. The molecular weight excluding hydrogens is 244 g/mol. The molecule has 0 atom stereocenters. The van der Waals surface area contributed by atoms with Crippen molar-refractivity contribution >= 4 is 17.4 Å². The van der Waals surface area contributed by atoms with E-state index in [-0.39, 0.29) is 5.56 Å². The standard InChI is InChI=1S/C14H14N2OS/c1-2-10-3-5-11(6-4-10)9-12-13(17)16-8-7-15-14(16)18-12/h3-6,9H,2,7-8H2,1H3/b12-9-. The van der Waals surface area contributed by atoms with Crippen LogP contribution in [-0.4, -0.2) is 11.1 Å². The fraction of sp³-hybridized carbons (Fsp3) is 0.286. The van der Waals surface area contributed by atoms with E-state index in [1.165, 1.54) is 16.9 Å². The highest BCUT2D eigenvalue weighted by Gasteiger charge is 2.09. The molecule has 0 unspecified atom stereocenters. The first-order valence-corrected chi connectivity index (χ1v) is 6.94. The summed E-state index contributed by atoms with van der Waals surface area (Å²) in [5.41, 5.74) is 2.48. The zero-order valence-corrected chi connectivity index (χ0v) is 11.0. The molecule has 0 N–H and O–H groups in total. The van der Waals surface area contributed by atoms with Crippen molar-refractivity contribution in [1.82, 2.24) is 4.57 Å². The number of hydrogen-bond donors (Lipinski definition) is 0. The molecule has 2 heterocycles. The Morgan fingerprint density at radius 3 is 2.83 bits per heavy atom. The van der Waals surface area contributed by atoms with Gasteiger partial charge in [0.2, 0.25) is 0 Å². The fourth-order valence-electron chi connectivity index (χ4n) is 2.07. The second kappa shape index (κ2) is 4.53. The molecule has 3 rings (SSSR count). The van der Waals surface area contributed by atoms with Crippen LogP contribution in [0.15, 0.2) is 34.1 Å². The normalized spacial score (nSPS) is 14.6. The number of benzene rings is 1. The van der Waals surface area contributed by atoms with Gasteiger partial charge in [0.05, 0.1) is 11.1 Å². The third kappa shape index (κ3) is 1.93. The van der Waals surface area contributed by atoms with E-state index in [1.54, 1.807) is 4.57 Å². The first-order valence-electron chi connectivity index (χ1n) is 6.13. The van der Waals surface area contributed by atoms with Crippen LogP contribution < -0.4 is 14.9 Å². The van der Waals surface area contributed by atoms with Crippen molar-refractivity contribution in [3.05, 3.63) is 55.1 Å². The number of hydrogen-bond acceptors (Lipinski definition) is 3. The lowest BCUT2D eigenvalue weighted by atomic mass is 10.1. The predicted molar refractivity (Wildman–Crippen MR) is 73.6 cm³/mol. The zero-order chi connectivity index (χ0) is 12.5. The van der Waals surface area contributed by atoms with E-state index in [9.17, 15) is 4.79 Å². The summed E-state index contributed by atoms with van der Waals surface area (Å²) in [6.45, 7) is 3.61. The number of thiazole rings is 1. The first kappa shape index (κ1) is 11.4. The third-order valence-corrected chi connectivity index (χ3v) is 4.19. The molecule has 1 aliphatic rings. The maximum atomic E-state index is 12.1. The number of fused-ring (bicyclic) bond motifs is 1. The summed E-state index contributed by atoms with van der Waals surface area (Å²) in [5.74, 6) is 0. The van der Waals surface area contributed by atoms with Crippen LogP contribution in [0.1, 0.15) is 18.1 Å². The van der Waals surface area contributed by atoms with Crippen molar-refractivity contribution in [2.24, 2.45) is 4.99 Å². The van der Waals surface area contributed by atoms with Gasteiger partial charge in [0.25, 0.3) is 5.56 Å². The third-order valence-electron chi connectivity index (χ3n) is 3.14. The minimum absolute atomic E-state index is 0.0934. The van der Waals surface area contributed by atoms with Crippen molar-refractivity contribution in [2.75, 3.05) is 6.54 Å². The summed E-state index contributed by atoms with van der Waals surface area (Å²) in [7, 11) is 0. The Hall–Kier alpha value is -1.68. The molecule has 0 saturated carbocycles. The molecule has 4 heteroatoms. The van der Waals surface area contributed by atoms with E-state index < -0.39 is 0 Å². The molecule has 0 bridgehead atoms. The van der Waals surface area contributed by atoms with Gasteiger partial charge < -0.3 is 0 Å². The molecule has 2 aromatic rings. The Morgan fingerprint density at radius 1 is 1.39 bits per heavy atom. The van der Waals surface area contributed by atoms with E-state index >= 15 is 0 Å². The molecule has 0 saturated heterocycles. The van der Waals surface area contributed by atoms with Crippen molar-refractivity contribution in [1.29, 1.82) is 0 Å². The van der Waals surface area contributed by atoms with Gasteiger partial charge >= 0.3 is 0 Å². The minimum atomic E-state index is 0.0934. The van der Waals surface area contributed by atoms with Gasteiger partial charge in [0, 0.05) is 6.54 Å². The van der Waals surface area contributed by atoms with Crippen molar-refractivity contribution in [3.63, 3.8) is 0 Å². The van der Waals surface area contributed by atoms with Gasteiger partial charge in [-0.3, -0.25) is 14.4 Å². The molecule has 1 aromatic carbocycles. The molecule has 1 aliphatic heterocycles. The van der Waals surface area contributed by atoms with Crippen LogP contribution in [0.25, 0.3) is 6.08 Å². The fourth-order valence-corrected chi connectivity index (χ4v) is 3.10. The molecule has 0 amide bonds. The summed E-state index contributed by atoms with van der Waals surface area (Å²) in [5, 5.41) is 0. The Kier molecular flexibility index (Phi) is 2.88. The Balaban J connectivity index is 2.09. The molecule has 0 spiro atoms. The van der Waals surface area contributed by atoms with Crippen LogP contribution in [0.2, 0.25) is 0 Å². The summed E-state index contributed by atoms with van der Waals surface area (Å²) >= 11 is 1.48. The van der Waals surface area contributed by atoms with Gasteiger partial charge in [0.15, 0.2) is 4.80 Å². The predicted octanol–water partition coefficient (Wildman–Crippen LogP) is 0.934. The minimum Gasteiger partial charge on any atom is -0.282 e. The lowest BCUT2D eigenvalue weighted by Crippen LogP contribution is -2.29. The lowest BCUT2D eigenvalue weighted by Gasteiger charge is -1.96. The lowest BCUT2D eigenvalue weighted by molar-refractivity contribution is 0.740. The SMILES string of the molecule is CCc1ccc(/C=c2\sc3n(c2=O)CCN=3)cc1. The summed E-state index contributed by atoms with van der Waals surface area (Å²) in [4.78, 5) is 17.2. The molecule has 0 radical (unpaired) electrons. The van der Waals surface area contributed by atoms with Gasteiger partial charge in [-0.25, -0.2) is 0 Å². The molecule has 0 aliphatic carbocycles. The van der Waals surface area contributed by atoms with E-state index in [1.807, 2.05) is 6.08 Å². The first-order chi connectivity index (χ1) is 8.78. The summed E-state index contributed by atoms with van der Waals surface area (Å²) < 4.78 is 2.54. The van der Waals surface area contributed by atoms with Crippen molar-refractivity contribution in [3.8, 4) is 0 Å². The molecule has 3 nitrogen and oxygen atoms in total. The zero-order valence-electron chi connectivity index (χ0n) is 10.2. The summed E-state index contributed by atoms with van der Waals surface area (Å²) in [6, 6.07) is 8.33. The second-order valence-corrected chi connectivity index (χ2v) is 5.34. The maximum Gasteiger partial charge on any atom is 0.270 e. The second-order valence-electron chi connectivity index (χ2n) is 4.33. The van der Waals surface area contributed by atoms with Crippen molar-refractivity contribution < 1.29 is 0 Å². The van der Waals surface area contributed by atoms with E-state index in [0.29, 0.717) is 0 Å². The van der Waals surface area contributed by atoms with Crippen LogP contribution in [0.4, 0.5) is 0 Å². The number of nitrogens with zero attached hydrogens (tertiary/aromatic N) is 2. The van der Waals surface area contributed by atoms with Gasteiger partial charge in [0.1, 0.15) is 0 Å². The van der Waals surface area contributed by atoms with Crippen LogP contribution in [0, 0.1) is 0 Å². The Morgan fingerprint density at radius 2 is 2.17 bits per heavy atom. The molecule has 92 valence electrons. The molecule has 0 fully saturated rings. The van der Waals surface area contributed by atoms with Gasteiger partial charge in [-0.15, -0.1) is 0 Å². The van der Waals surface area contributed by atoms with E-state index in [4.69, 9.17) is 0 Å². The van der Waals surface area contributed by atoms with Crippen LogP contribution in [0.3, 0.4) is 0 Å². The van der Waals surface area contributed by atoms with Gasteiger partial charge in [-0.05, 0) is 23.6 Å². The number of aromatic nitrogens is 1. The molecular formula is C14H14N2OS. The molecule has 18 heavy (non-hydrogen) atoms.